The molecule has 2 N–H and O–H groups in total. The van der Waals surface area contributed by atoms with Crippen LogP contribution in [0.2, 0.25) is 0 Å². The number of H-pyrrole nitrogens is 1. The van der Waals surface area contributed by atoms with Crippen LogP contribution in [0.5, 0.6) is 0 Å². The Kier molecular flexibility index (Phi) is 3.45. The fourth-order valence-electron chi connectivity index (χ4n) is 1.62. The Morgan fingerprint density at radius 2 is 2.56 bits per heavy atom. The Hall–Kier alpha value is -1.08. The average Bonchev–Trinajstić information content (AvgIpc) is 2.83. The summed E-state index contributed by atoms with van der Waals surface area (Å²) in [6, 6.07) is 0. The van der Waals surface area contributed by atoms with E-state index in [9.17, 15) is 4.79 Å². The van der Waals surface area contributed by atoms with Crippen molar-refractivity contribution < 1.29 is 14.6 Å². The number of thioether (sulfide) groups is 1. The number of nitrogens with zero attached hydrogens (tertiary/aromatic N) is 2. The van der Waals surface area contributed by atoms with Crippen molar-refractivity contribution in [3.05, 3.63) is 5.82 Å². The third kappa shape index (κ3) is 2.53. The van der Waals surface area contributed by atoms with Crippen LogP contribution in [0.1, 0.15) is 25.3 Å². The monoisotopic (exact) mass is 243 g/mol. The molecule has 88 valence electrons. The van der Waals surface area contributed by atoms with E-state index in [1.807, 2.05) is 0 Å². The topological polar surface area (TPSA) is 88.1 Å². The summed E-state index contributed by atoms with van der Waals surface area (Å²) in [5.41, 5.74) is 0. The fraction of sp³-hybridized carbons (Fsp3) is 0.667. The summed E-state index contributed by atoms with van der Waals surface area (Å²) < 4.78 is 5.53. The van der Waals surface area contributed by atoms with E-state index in [1.54, 1.807) is 0 Å². The highest BCUT2D eigenvalue weighted by molar-refractivity contribution is 7.99. The number of hydrogen-bond acceptors (Lipinski definition) is 5. The van der Waals surface area contributed by atoms with Crippen LogP contribution in [-0.2, 0) is 9.53 Å². The van der Waals surface area contributed by atoms with Gasteiger partial charge in [-0.25, -0.2) is 4.98 Å². The highest BCUT2D eigenvalue weighted by Gasteiger charge is 2.28. The van der Waals surface area contributed by atoms with Crippen LogP contribution in [0.25, 0.3) is 0 Å². The summed E-state index contributed by atoms with van der Waals surface area (Å²) in [5.74, 6) is 0.211. The SMILES string of the molecule is CC1CCOC1c1nc(SCC(=O)O)n[nH]1. The number of carboxylic acid groups (broad SMARTS) is 1. The zero-order chi connectivity index (χ0) is 11.5. The lowest BCUT2D eigenvalue weighted by Gasteiger charge is -2.09. The minimum absolute atomic E-state index is 0.0294. The van der Waals surface area contributed by atoms with Gasteiger partial charge in [-0.05, 0) is 12.3 Å². The normalized spacial score (nSPS) is 24.8. The molecule has 0 aliphatic carbocycles. The number of nitrogens with one attached hydrogen (secondary N) is 1. The molecule has 7 heteroatoms. The molecule has 0 saturated carbocycles. The summed E-state index contributed by atoms with van der Waals surface area (Å²) in [7, 11) is 0. The first-order valence-corrected chi connectivity index (χ1v) is 6.04. The van der Waals surface area contributed by atoms with Crippen LogP contribution >= 0.6 is 11.8 Å². The number of carboxylic acids is 1. The van der Waals surface area contributed by atoms with Crippen molar-refractivity contribution >= 4 is 17.7 Å². The molecule has 1 aliphatic heterocycles. The summed E-state index contributed by atoms with van der Waals surface area (Å²) in [4.78, 5) is 14.6. The van der Waals surface area contributed by atoms with Crippen molar-refractivity contribution in [2.75, 3.05) is 12.4 Å². The van der Waals surface area contributed by atoms with Gasteiger partial charge in [0.15, 0.2) is 5.82 Å². The van der Waals surface area contributed by atoms with Crippen molar-refractivity contribution in [1.82, 2.24) is 15.2 Å². The third-order valence-electron chi connectivity index (χ3n) is 2.46. The van der Waals surface area contributed by atoms with E-state index in [0.717, 1.165) is 24.8 Å². The van der Waals surface area contributed by atoms with Crippen molar-refractivity contribution in [2.24, 2.45) is 5.92 Å². The highest BCUT2D eigenvalue weighted by Crippen LogP contribution is 2.32. The van der Waals surface area contributed by atoms with Gasteiger partial charge in [0.05, 0.1) is 5.75 Å². The number of carbonyl (C=O) groups is 1. The largest absolute Gasteiger partial charge is 0.481 e. The summed E-state index contributed by atoms with van der Waals surface area (Å²) in [5, 5.41) is 15.7. The van der Waals surface area contributed by atoms with E-state index in [0.29, 0.717) is 16.9 Å². The Morgan fingerprint density at radius 3 is 3.19 bits per heavy atom. The van der Waals surface area contributed by atoms with E-state index < -0.39 is 5.97 Å². The maximum absolute atomic E-state index is 10.4. The van der Waals surface area contributed by atoms with Crippen LogP contribution in [0.15, 0.2) is 5.16 Å². The van der Waals surface area contributed by atoms with Crippen molar-refractivity contribution in [3.63, 3.8) is 0 Å². The first-order valence-electron chi connectivity index (χ1n) is 5.05. The zero-order valence-electron chi connectivity index (χ0n) is 8.84. The Balaban J connectivity index is 1.99. The number of aromatic amines is 1. The lowest BCUT2D eigenvalue weighted by molar-refractivity contribution is -0.133. The van der Waals surface area contributed by atoms with E-state index in [2.05, 4.69) is 22.1 Å². The van der Waals surface area contributed by atoms with E-state index in [4.69, 9.17) is 9.84 Å². The molecule has 2 atom stereocenters. The van der Waals surface area contributed by atoms with Gasteiger partial charge >= 0.3 is 5.97 Å². The van der Waals surface area contributed by atoms with E-state index >= 15 is 0 Å². The molecule has 16 heavy (non-hydrogen) atoms. The quantitative estimate of drug-likeness (QED) is 0.769. The Bertz CT molecular complexity index is 382. The standard InChI is InChI=1S/C9H13N3O3S/c1-5-2-3-15-7(5)8-10-9(12-11-8)16-4-6(13)14/h5,7H,2-4H2,1H3,(H,13,14)(H,10,11,12). The molecule has 0 aromatic carbocycles. The molecule has 0 spiro atoms. The van der Waals surface area contributed by atoms with Crippen LogP contribution in [0.3, 0.4) is 0 Å². The summed E-state index contributed by atoms with van der Waals surface area (Å²) >= 11 is 1.10. The molecule has 2 rings (SSSR count). The molecule has 0 bridgehead atoms. The molecule has 2 heterocycles. The Labute approximate surface area is 96.8 Å². The maximum atomic E-state index is 10.4. The van der Waals surface area contributed by atoms with E-state index in [-0.39, 0.29) is 11.9 Å². The van der Waals surface area contributed by atoms with Crippen molar-refractivity contribution in [2.45, 2.75) is 24.6 Å². The van der Waals surface area contributed by atoms with Crippen LogP contribution < -0.4 is 0 Å². The van der Waals surface area contributed by atoms with Crippen molar-refractivity contribution in [3.8, 4) is 0 Å². The second-order valence-electron chi connectivity index (χ2n) is 3.74. The predicted molar refractivity (Wildman–Crippen MR) is 57.2 cm³/mol. The molecule has 1 aliphatic rings. The van der Waals surface area contributed by atoms with Gasteiger partial charge in [0.1, 0.15) is 6.10 Å². The van der Waals surface area contributed by atoms with Gasteiger partial charge in [0.2, 0.25) is 5.16 Å². The van der Waals surface area contributed by atoms with Gasteiger partial charge < -0.3 is 9.84 Å². The van der Waals surface area contributed by atoms with Crippen molar-refractivity contribution in [1.29, 1.82) is 0 Å². The van der Waals surface area contributed by atoms with Gasteiger partial charge in [-0.2, -0.15) is 0 Å². The molecule has 1 aromatic heterocycles. The molecule has 0 amide bonds. The molecule has 1 fully saturated rings. The van der Waals surface area contributed by atoms with Gasteiger partial charge in [0, 0.05) is 6.61 Å². The fourth-order valence-corrected chi connectivity index (χ4v) is 2.15. The number of ether oxygens (including phenoxy) is 1. The molecule has 2 unspecified atom stereocenters. The molecular formula is C9H13N3O3S. The molecule has 1 saturated heterocycles. The summed E-state index contributed by atoms with van der Waals surface area (Å²) in [6.45, 7) is 2.84. The van der Waals surface area contributed by atoms with Gasteiger partial charge in [0.25, 0.3) is 0 Å². The maximum Gasteiger partial charge on any atom is 0.313 e. The van der Waals surface area contributed by atoms with Crippen LogP contribution in [0.4, 0.5) is 0 Å². The van der Waals surface area contributed by atoms with Crippen LogP contribution in [0, 0.1) is 5.92 Å². The number of aromatic nitrogens is 3. The zero-order valence-corrected chi connectivity index (χ0v) is 9.66. The lowest BCUT2D eigenvalue weighted by Crippen LogP contribution is -2.05. The molecule has 1 aromatic rings. The molecular weight excluding hydrogens is 230 g/mol. The number of rotatable bonds is 4. The highest BCUT2D eigenvalue weighted by atomic mass is 32.2. The second kappa shape index (κ2) is 4.84. The van der Waals surface area contributed by atoms with Crippen LogP contribution in [-0.4, -0.2) is 38.6 Å². The molecule has 0 radical (unpaired) electrons. The minimum atomic E-state index is -0.873. The van der Waals surface area contributed by atoms with Gasteiger partial charge in [-0.3, -0.25) is 9.89 Å². The smallest absolute Gasteiger partial charge is 0.313 e. The first kappa shape index (κ1) is 11.4. The van der Waals surface area contributed by atoms with Gasteiger partial charge in [-0.15, -0.1) is 5.10 Å². The Morgan fingerprint density at radius 1 is 1.75 bits per heavy atom. The first-order chi connectivity index (χ1) is 7.66. The van der Waals surface area contributed by atoms with Gasteiger partial charge in [-0.1, -0.05) is 18.7 Å². The van der Waals surface area contributed by atoms with E-state index in [1.165, 1.54) is 0 Å². The summed E-state index contributed by atoms with van der Waals surface area (Å²) in [6.07, 6.45) is 0.981. The lowest BCUT2D eigenvalue weighted by atomic mass is 10.0. The second-order valence-corrected chi connectivity index (χ2v) is 4.69. The predicted octanol–water partition coefficient (Wildman–Crippen LogP) is 1.08. The number of aliphatic carboxylic acids is 1. The third-order valence-corrected chi connectivity index (χ3v) is 3.30. The molecule has 6 nitrogen and oxygen atoms in total. The average molecular weight is 243 g/mol. The number of hydrogen-bond donors (Lipinski definition) is 2. The minimum Gasteiger partial charge on any atom is -0.481 e.